The lowest BCUT2D eigenvalue weighted by Gasteiger charge is -2.13. The Bertz CT molecular complexity index is 829. The monoisotopic (exact) mass is 299 g/mol. The maximum Gasteiger partial charge on any atom is 0.0416 e. The van der Waals surface area contributed by atoms with E-state index in [0.29, 0.717) is 12.1 Å². The second-order valence-electron chi connectivity index (χ2n) is 6.28. The van der Waals surface area contributed by atoms with Crippen molar-refractivity contribution < 1.29 is 0 Å². The van der Waals surface area contributed by atoms with E-state index in [2.05, 4.69) is 96.8 Å². The summed E-state index contributed by atoms with van der Waals surface area (Å²) in [6, 6.07) is 26.9. The van der Waals surface area contributed by atoms with Gasteiger partial charge in [0.05, 0.1) is 0 Å². The van der Waals surface area contributed by atoms with Gasteiger partial charge in [-0.15, -0.1) is 0 Å². The summed E-state index contributed by atoms with van der Waals surface area (Å²) in [5.74, 6) is 0. The van der Waals surface area contributed by atoms with Gasteiger partial charge < -0.3 is 0 Å². The first-order chi connectivity index (χ1) is 11.3. The summed E-state index contributed by atoms with van der Waals surface area (Å²) in [6.45, 7) is 3.44. The van der Waals surface area contributed by atoms with Crippen molar-refractivity contribution in [1.82, 2.24) is 4.90 Å². The van der Waals surface area contributed by atoms with Crippen LogP contribution in [0, 0.1) is 0 Å². The zero-order valence-corrected chi connectivity index (χ0v) is 13.4. The molecule has 0 N–H and O–H groups in total. The van der Waals surface area contributed by atoms with Gasteiger partial charge in [-0.1, -0.05) is 84.9 Å². The molecular weight excluding hydrogens is 278 g/mol. The topological polar surface area (TPSA) is 3.01 Å². The Hall–Kier alpha value is -2.38. The highest BCUT2D eigenvalue weighted by molar-refractivity contribution is 5.90. The van der Waals surface area contributed by atoms with Crippen LogP contribution in [-0.2, 0) is 0 Å². The fraction of sp³-hybridized carbons (Fsp3) is 0.182. The number of nitrogens with zero attached hydrogens (tertiary/aromatic N) is 1. The van der Waals surface area contributed by atoms with Gasteiger partial charge in [-0.25, -0.2) is 0 Å². The van der Waals surface area contributed by atoms with Crippen molar-refractivity contribution in [2.45, 2.75) is 19.0 Å². The van der Waals surface area contributed by atoms with Crippen LogP contribution in [0.25, 0.3) is 16.8 Å². The molecule has 114 valence electrons. The van der Waals surface area contributed by atoms with E-state index < -0.39 is 0 Å². The zero-order chi connectivity index (χ0) is 15.6. The largest absolute Gasteiger partial charge is 0.287 e. The van der Waals surface area contributed by atoms with E-state index in [1.165, 1.54) is 21.9 Å². The molecule has 0 saturated carbocycles. The van der Waals surface area contributed by atoms with E-state index in [1.807, 2.05) is 0 Å². The molecule has 1 unspecified atom stereocenters. The number of rotatable bonds is 4. The first-order valence-electron chi connectivity index (χ1n) is 8.29. The molecule has 1 aliphatic heterocycles. The predicted molar refractivity (Wildman–Crippen MR) is 98.3 cm³/mol. The second-order valence-corrected chi connectivity index (χ2v) is 6.28. The van der Waals surface area contributed by atoms with Gasteiger partial charge in [0, 0.05) is 18.6 Å². The molecule has 0 aromatic heterocycles. The Kier molecular flexibility index (Phi) is 3.72. The third kappa shape index (κ3) is 2.93. The third-order valence-electron chi connectivity index (χ3n) is 4.79. The molecule has 4 rings (SSSR count). The van der Waals surface area contributed by atoms with Crippen LogP contribution in [0.2, 0.25) is 0 Å². The first kappa shape index (κ1) is 14.2. The molecule has 0 bridgehead atoms. The molecule has 0 aliphatic carbocycles. The van der Waals surface area contributed by atoms with Crippen LogP contribution in [0.15, 0.2) is 78.9 Å². The van der Waals surface area contributed by atoms with E-state index in [1.54, 1.807) is 0 Å². The molecule has 3 atom stereocenters. The van der Waals surface area contributed by atoms with Crippen molar-refractivity contribution >= 4 is 16.8 Å². The van der Waals surface area contributed by atoms with E-state index in [-0.39, 0.29) is 0 Å². The highest BCUT2D eigenvalue weighted by Crippen LogP contribution is 2.33. The van der Waals surface area contributed by atoms with Crippen LogP contribution in [0.5, 0.6) is 0 Å². The minimum atomic E-state index is 0.485. The van der Waals surface area contributed by atoms with Gasteiger partial charge in [0.1, 0.15) is 0 Å². The van der Waals surface area contributed by atoms with Crippen molar-refractivity contribution in [1.29, 1.82) is 0 Å². The summed E-state index contributed by atoms with van der Waals surface area (Å²) in [5.41, 5.74) is 2.70. The third-order valence-corrected chi connectivity index (χ3v) is 4.79. The molecule has 1 heterocycles. The molecule has 1 fully saturated rings. The molecule has 1 heteroatoms. The van der Waals surface area contributed by atoms with Gasteiger partial charge in [-0.2, -0.15) is 0 Å². The lowest BCUT2D eigenvalue weighted by Crippen LogP contribution is -2.07. The van der Waals surface area contributed by atoms with Gasteiger partial charge in [0.2, 0.25) is 0 Å². The highest BCUT2D eigenvalue weighted by atomic mass is 15.3. The Morgan fingerprint density at radius 2 is 1.65 bits per heavy atom. The van der Waals surface area contributed by atoms with E-state index in [0.717, 1.165) is 6.54 Å². The van der Waals surface area contributed by atoms with Gasteiger partial charge >= 0.3 is 0 Å². The Morgan fingerprint density at radius 3 is 2.52 bits per heavy atom. The fourth-order valence-corrected chi connectivity index (χ4v) is 3.32. The molecule has 0 radical (unpaired) electrons. The highest BCUT2D eigenvalue weighted by Gasteiger charge is 2.35. The normalized spacial score (nSPS) is 21.6. The molecule has 1 saturated heterocycles. The van der Waals surface area contributed by atoms with Gasteiger partial charge in [0.15, 0.2) is 0 Å². The molecule has 3 aromatic carbocycles. The minimum Gasteiger partial charge on any atom is -0.287 e. The fourth-order valence-electron chi connectivity index (χ4n) is 3.32. The summed E-state index contributed by atoms with van der Waals surface area (Å²) in [6.07, 6.45) is 4.63. The standard InChI is InChI=1S/C22H21N/c1-17(18-8-3-2-4-9-18)23-16-21(23)15-14-20-12-7-11-19-10-5-6-13-22(19)20/h2-15,17,21H,16H2,1H3/b15-14+/t17-,21+,23?/m1/s1. The van der Waals surface area contributed by atoms with Crippen LogP contribution < -0.4 is 0 Å². The predicted octanol–water partition coefficient (Wildman–Crippen LogP) is 5.30. The van der Waals surface area contributed by atoms with Gasteiger partial charge in [-0.05, 0) is 28.8 Å². The number of benzene rings is 3. The smallest absolute Gasteiger partial charge is 0.0416 e. The summed E-state index contributed by atoms with van der Waals surface area (Å²) in [5, 5.41) is 2.63. The summed E-state index contributed by atoms with van der Waals surface area (Å²) in [4.78, 5) is 2.52. The first-order valence-corrected chi connectivity index (χ1v) is 8.29. The van der Waals surface area contributed by atoms with Crippen molar-refractivity contribution in [3.05, 3.63) is 90.0 Å². The van der Waals surface area contributed by atoms with Crippen molar-refractivity contribution in [2.75, 3.05) is 6.54 Å². The molecule has 0 amide bonds. The summed E-state index contributed by atoms with van der Waals surface area (Å²) in [7, 11) is 0. The molecule has 1 aliphatic rings. The van der Waals surface area contributed by atoms with Crippen LogP contribution in [0.3, 0.4) is 0 Å². The summed E-state index contributed by atoms with van der Waals surface area (Å²) < 4.78 is 0. The second kappa shape index (κ2) is 6.02. The van der Waals surface area contributed by atoms with Crippen LogP contribution >= 0.6 is 0 Å². The molecular formula is C22H21N. The molecule has 23 heavy (non-hydrogen) atoms. The average Bonchev–Trinajstić information content (AvgIpc) is 3.39. The lowest BCUT2D eigenvalue weighted by molar-refractivity contribution is 0.424. The van der Waals surface area contributed by atoms with Crippen molar-refractivity contribution in [3.8, 4) is 0 Å². The average molecular weight is 299 g/mol. The van der Waals surface area contributed by atoms with Crippen LogP contribution in [0.4, 0.5) is 0 Å². The minimum absolute atomic E-state index is 0.485. The molecule has 0 spiro atoms. The van der Waals surface area contributed by atoms with Crippen LogP contribution in [-0.4, -0.2) is 17.5 Å². The lowest BCUT2D eigenvalue weighted by atomic mass is 10.0. The Labute approximate surface area is 137 Å². The maximum atomic E-state index is 2.52. The zero-order valence-electron chi connectivity index (χ0n) is 13.4. The molecule has 3 aromatic rings. The SMILES string of the molecule is C[C@H](c1ccccc1)N1C[C@@H]1/C=C/c1cccc2ccccc12. The van der Waals surface area contributed by atoms with Gasteiger partial charge in [0.25, 0.3) is 0 Å². The quantitative estimate of drug-likeness (QED) is 0.591. The summed E-state index contributed by atoms with van der Waals surface area (Å²) >= 11 is 0. The number of hydrogen-bond acceptors (Lipinski definition) is 1. The van der Waals surface area contributed by atoms with Crippen LogP contribution in [0.1, 0.15) is 24.1 Å². The van der Waals surface area contributed by atoms with Crippen molar-refractivity contribution in [2.24, 2.45) is 0 Å². The van der Waals surface area contributed by atoms with E-state index in [9.17, 15) is 0 Å². The maximum absolute atomic E-state index is 2.52. The number of hydrogen-bond donors (Lipinski definition) is 0. The number of fused-ring (bicyclic) bond motifs is 1. The Balaban J connectivity index is 1.50. The molecule has 1 nitrogen and oxygen atoms in total. The van der Waals surface area contributed by atoms with Gasteiger partial charge in [-0.3, -0.25) is 4.90 Å². The Morgan fingerprint density at radius 1 is 0.913 bits per heavy atom. The van der Waals surface area contributed by atoms with E-state index in [4.69, 9.17) is 0 Å². The van der Waals surface area contributed by atoms with Crippen molar-refractivity contribution in [3.63, 3.8) is 0 Å². The van der Waals surface area contributed by atoms with E-state index >= 15 is 0 Å².